The quantitative estimate of drug-likeness (QED) is 0.322. The van der Waals surface area contributed by atoms with E-state index >= 15 is 0 Å². The molecule has 0 aliphatic rings. The fourth-order valence-electron chi connectivity index (χ4n) is 4.13. The lowest BCUT2D eigenvalue weighted by Crippen LogP contribution is -1.96. The van der Waals surface area contributed by atoms with Crippen LogP contribution < -0.4 is 0 Å². The monoisotopic (exact) mass is 348 g/mol. The third kappa shape index (κ3) is 2.57. The largest absolute Gasteiger partial charge is 0.233 e. The number of rotatable bonds is 1. The molecule has 0 amide bonds. The summed E-state index contributed by atoms with van der Waals surface area (Å²) in [6.07, 6.45) is 0. The zero-order valence-electron chi connectivity index (χ0n) is 15.7. The van der Waals surface area contributed by atoms with Gasteiger partial charge in [-0.1, -0.05) is 59.7 Å². The minimum Gasteiger partial charge on any atom is -0.233 e. The van der Waals surface area contributed by atoms with Crippen molar-refractivity contribution < 1.29 is 0 Å². The predicted molar refractivity (Wildman–Crippen MR) is 114 cm³/mol. The Morgan fingerprint density at radius 1 is 0.630 bits per heavy atom. The van der Waals surface area contributed by atoms with Crippen LogP contribution in [0.2, 0.25) is 0 Å². The van der Waals surface area contributed by atoms with Crippen molar-refractivity contribution in [1.29, 1.82) is 0 Å². The Labute approximate surface area is 158 Å². The summed E-state index contributed by atoms with van der Waals surface area (Å²) in [5, 5.41) is 6.01. The van der Waals surface area contributed by atoms with Gasteiger partial charge in [-0.25, -0.2) is 9.97 Å². The fraction of sp³-hybridized carbons (Fsp3) is 0.120. The van der Waals surface area contributed by atoms with Crippen molar-refractivity contribution >= 4 is 32.4 Å². The summed E-state index contributed by atoms with van der Waals surface area (Å²) in [5.74, 6) is 0.803. The fourth-order valence-corrected chi connectivity index (χ4v) is 4.13. The first kappa shape index (κ1) is 16.0. The molecule has 0 bridgehead atoms. The van der Waals surface area contributed by atoms with Gasteiger partial charge in [0.15, 0.2) is 0 Å². The van der Waals surface area contributed by atoms with Gasteiger partial charge in [-0.15, -0.1) is 0 Å². The molecule has 0 spiro atoms. The lowest BCUT2D eigenvalue weighted by atomic mass is 9.96. The number of aryl methyl sites for hydroxylation is 3. The third-order valence-electron chi connectivity index (χ3n) is 5.18. The third-order valence-corrected chi connectivity index (χ3v) is 5.18. The number of hydrogen-bond donors (Lipinski definition) is 0. The Bertz CT molecular complexity index is 1330. The van der Waals surface area contributed by atoms with Crippen LogP contribution in [0.1, 0.15) is 17.0 Å². The Morgan fingerprint density at radius 3 is 2.15 bits per heavy atom. The molecule has 4 aromatic carbocycles. The molecule has 0 aliphatic carbocycles. The van der Waals surface area contributed by atoms with Crippen molar-refractivity contribution in [2.45, 2.75) is 20.8 Å². The average Bonchev–Trinajstić information content (AvgIpc) is 2.66. The summed E-state index contributed by atoms with van der Waals surface area (Å²) >= 11 is 0. The lowest BCUT2D eigenvalue weighted by molar-refractivity contribution is 1.10. The summed E-state index contributed by atoms with van der Waals surface area (Å²) in [4.78, 5) is 9.70. The van der Waals surface area contributed by atoms with Gasteiger partial charge in [0.05, 0.1) is 11.2 Å². The molecule has 130 valence electrons. The normalized spacial score (nSPS) is 11.5. The molecule has 0 fully saturated rings. The molecular weight excluding hydrogens is 328 g/mol. The van der Waals surface area contributed by atoms with Crippen molar-refractivity contribution in [2.75, 3.05) is 0 Å². The van der Waals surface area contributed by atoms with Crippen LogP contribution in [-0.2, 0) is 0 Å². The van der Waals surface area contributed by atoms with Crippen molar-refractivity contribution in [1.82, 2.24) is 9.97 Å². The molecule has 0 unspecified atom stereocenters. The maximum atomic E-state index is 4.87. The molecule has 2 nitrogen and oxygen atoms in total. The molecular formula is C25H20N2. The summed E-state index contributed by atoms with van der Waals surface area (Å²) < 4.78 is 0. The highest BCUT2D eigenvalue weighted by Gasteiger charge is 2.13. The first-order valence-corrected chi connectivity index (χ1v) is 9.28. The predicted octanol–water partition coefficient (Wildman–Crippen LogP) is 6.53. The Balaban J connectivity index is 1.97. The van der Waals surface area contributed by atoms with E-state index < -0.39 is 0 Å². The van der Waals surface area contributed by atoms with E-state index in [1.54, 1.807) is 0 Å². The van der Waals surface area contributed by atoms with Crippen molar-refractivity contribution in [2.24, 2.45) is 0 Å². The SMILES string of the molecule is Cc1cc(C)cc(-c2nc(C)nc3c2ccc2ccc4ccccc4c23)c1. The van der Waals surface area contributed by atoms with Crippen LogP contribution in [0, 0.1) is 20.8 Å². The van der Waals surface area contributed by atoms with Gasteiger partial charge in [-0.2, -0.15) is 0 Å². The summed E-state index contributed by atoms with van der Waals surface area (Å²) in [5.41, 5.74) is 5.70. The molecule has 0 atom stereocenters. The zero-order valence-corrected chi connectivity index (χ0v) is 15.7. The molecule has 0 aliphatic heterocycles. The van der Waals surface area contributed by atoms with Crippen LogP contribution in [0.4, 0.5) is 0 Å². The van der Waals surface area contributed by atoms with Gasteiger partial charge in [0.2, 0.25) is 0 Å². The van der Waals surface area contributed by atoms with Crippen LogP contribution in [0.3, 0.4) is 0 Å². The second kappa shape index (κ2) is 5.88. The van der Waals surface area contributed by atoms with Crippen LogP contribution >= 0.6 is 0 Å². The summed E-state index contributed by atoms with van der Waals surface area (Å²) in [7, 11) is 0. The topological polar surface area (TPSA) is 25.8 Å². The van der Waals surface area contributed by atoms with E-state index in [0.29, 0.717) is 0 Å². The number of hydrogen-bond acceptors (Lipinski definition) is 2. The smallest absolute Gasteiger partial charge is 0.126 e. The second-order valence-corrected chi connectivity index (χ2v) is 7.34. The lowest BCUT2D eigenvalue weighted by Gasteiger charge is -2.12. The Hall–Kier alpha value is -3.26. The maximum Gasteiger partial charge on any atom is 0.126 e. The van der Waals surface area contributed by atoms with E-state index in [1.165, 1.54) is 32.7 Å². The molecule has 1 aromatic heterocycles. The van der Waals surface area contributed by atoms with Gasteiger partial charge in [0.1, 0.15) is 5.82 Å². The van der Waals surface area contributed by atoms with Crippen LogP contribution in [0.15, 0.2) is 66.7 Å². The molecule has 0 N–H and O–H groups in total. The summed E-state index contributed by atoms with van der Waals surface area (Å²) in [6, 6.07) is 23.9. The van der Waals surface area contributed by atoms with Gasteiger partial charge in [0, 0.05) is 16.3 Å². The van der Waals surface area contributed by atoms with Crippen LogP contribution in [0.25, 0.3) is 43.7 Å². The van der Waals surface area contributed by atoms with Gasteiger partial charge in [0.25, 0.3) is 0 Å². The number of fused-ring (bicyclic) bond motifs is 5. The van der Waals surface area contributed by atoms with Gasteiger partial charge >= 0.3 is 0 Å². The van der Waals surface area contributed by atoms with E-state index in [-0.39, 0.29) is 0 Å². The molecule has 5 rings (SSSR count). The van der Waals surface area contributed by atoms with Gasteiger partial charge < -0.3 is 0 Å². The van der Waals surface area contributed by atoms with E-state index in [9.17, 15) is 0 Å². The minimum absolute atomic E-state index is 0.803. The van der Waals surface area contributed by atoms with Crippen LogP contribution in [-0.4, -0.2) is 9.97 Å². The Morgan fingerprint density at radius 2 is 1.33 bits per heavy atom. The second-order valence-electron chi connectivity index (χ2n) is 7.34. The van der Waals surface area contributed by atoms with Gasteiger partial charge in [-0.3, -0.25) is 0 Å². The van der Waals surface area contributed by atoms with E-state index in [2.05, 4.69) is 80.6 Å². The van der Waals surface area contributed by atoms with E-state index in [0.717, 1.165) is 28.0 Å². The average molecular weight is 348 g/mol. The van der Waals surface area contributed by atoms with Crippen molar-refractivity contribution in [3.8, 4) is 11.3 Å². The maximum absolute atomic E-state index is 4.87. The van der Waals surface area contributed by atoms with Crippen molar-refractivity contribution in [3.63, 3.8) is 0 Å². The Kier molecular flexibility index (Phi) is 3.48. The van der Waals surface area contributed by atoms with E-state index in [1.807, 2.05) is 6.92 Å². The minimum atomic E-state index is 0.803. The molecule has 5 aromatic rings. The molecule has 0 saturated heterocycles. The molecule has 0 saturated carbocycles. The molecule has 1 heterocycles. The zero-order chi connectivity index (χ0) is 18.5. The highest BCUT2D eigenvalue weighted by molar-refractivity contribution is 6.20. The highest BCUT2D eigenvalue weighted by atomic mass is 14.9. The number of nitrogens with zero attached hydrogens (tertiary/aromatic N) is 2. The van der Waals surface area contributed by atoms with E-state index in [4.69, 9.17) is 9.97 Å². The standard InChI is InChI=1S/C25H20N2/c1-15-12-16(2)14-20(13-15)24-22-11-10-19-9-8-18-6-4-5-7-21(18)23(19)25(22)27-17(3)26-24/h4-14H,1-3H3. The molecule has 2 heteroatoms. The van der Waals surface area contributed by atoms with Crippen LogP contribution in [0.5, 0.6) is 0 Å². The first-order chi connectivity index (χ1) is 13.1. The first-order valence-electron chi connectivity index (χ1n) is 9.28. The number of benzene rings is 4. The summed E-state index contributed by atoms with van der Waals surface area (Å²) in [6.45, 7) is 6.25. The molecule has 27 heavy (non-hydrogen) atoms. The highest BCUT2D eigenvalue weighted by Crippen LogP contribution is 2.35. The molecule has 0 radical (unpaired) electrons. The number of aromatic nitrogens is 2. The van der Waals surface area contributed by atoms with Gasteiger partial charge in [-0.05, 0) is 55.1 Å². The van der Waals surface area contributed by atoms with Crippen molar-refractivity contribution in [3.05, 3.63) is 83.7 Å².